The number of aromatic nitrogens is 2. The molecule has 0 aliphatic carbocycles. The summed E-state index contributed by atoms with van der Waals surface area (Å²) in [7, 11) is 0. The number of hydrogen-bond acceptors (Lipinski definition) is 3. The summed E-state index contributed by atoms with van der Waals surface area (Å²) in [5.41, 5.74) is 0.881. The molecule has 18 heavy (non-hydrogen) atoms. The van der Waals surface area contributed by atoms with Gasteiger partial charge in [0.1, 0.15) is 5.82 Å². The highest BCUT2D eigenvalue weighted by Crippen LogP contribution is 2.17. The van der Waals surface area contributed by atoms with Gasteiger partial charge < -0.3 is 5.32 Å². The van der Waals surface area contributed by atoms with Gasteiger partial charge in [-0.25, -0.2) is 4.98 Å². The van der Waals surface area contributed by atoms with Crippen molar-refractivity contribution in [2.24, 2.45) is 0 Å². The molecule has 1 saturated heterocycles. The molecule has 1 atom stereocenters. The van der Waals surface area contributed by atoms with E-state index in [9.17, 15) is 4.79 Å². The standard InChI is InChI=1S/C14H17N3O/c1-10-16-13-7-3-2-6-12(13)14(18)17(10)11-5-4-8-15-9-11/h2-3,6-7,11,15H,4-5,8-9H2,1H3. The van der Waals surface area contributed by atoms with Crippen molar-refractivity contribution in [3.63, 3.8) is 0 Å². The zero-order valence-corrected chi connectivity index (χ0v) is 10.5. The quantitative estimate of drug-likeness (QED) is 0.828. The Bertz CT molecular complexity index is 626. The van der Waals surface area contributed by atoms with E-state index < -0.39 is 0 Å². The van der Waals surface area contributed by atoms with Gasteiger partial charge in [0, 0.05) is 6.54 Å². The SMILES string of the molecule is Cc1nc2ccccc2c(=O)n1C1CCCNC1. The van der Waals surface area contributed by atoms with Crippen molar-refractivity contribution in [2.75, 3.05) is 13.1 Å². The molecule has 0 bridgehead atoms. The Morgan fingerprint density at radius 1 is 1.39 bits per heavy atom. The molecule has 4 nitrogen and oxygen atoms in total. The summed E-state index contributed by atoms with van der Waals surface area (Å²) >= 11 is 0. The highest BCUT2D eigenvalue weighted by Gasteiger charge is 2.19. The van der Waals surface area contributed by atoms with E-state index in [0.717, 1.165) is 37.3 Å². The van der Waals surface area contributed by atoms with E-state index in [1.807, 2.05) is 35.8 Å². The molecule has 0 radical (unpaired) electrons. The number of rotatable bonds is 1. The van der Waals surface area contributed by atoms with Crippen molar-refractivity contribution in [3.8, 4) is 0 Å². The molecule has 4 heteroatoms. The average Bonchev–Trinajstić information content (AvgIpc) is 2.40. The van der Waals surface area contributed by atoms with Crippen LogP contribution in [0.1, 0.15) is 24.7 Å². The second-order valence-electron chi connectivity index (χ2n) is 4.85. The molecule has 1 aliphatic rings. The maximum Gasteiger partial charge on any atom is 0.261 e. The first-order chi connectivity index (χ1) is 8.77. The maximum atomic E-state index is 12.5. The van der Waals surface area contributed by atoms with E-state index in [4.69, 9.17) is 0 Å². The van der Waals surface area contributed by atoms with Crippen LogP contribution in [0.25, 0.3) is 10.9 Å². The molecule has 1 aliphatic heterocycles. The van der Waals surface area contributed by atoms with Crippen LogP contribution in [0.3, 0.4) is 0 Å². The van der Waals surface area contributed by atoms with E-state index in [1.165, 1.54) is 0 Å². The molecular weight excluding hydrogens is 226 g/mol. The van der Waals surface area contributed by atoms with E-state index in [0.29, 0.717) is 5.39 Å². The molecule has 1 unspecified atom stereocenters. The number of aryl methyl sites for hydroxylation is 1. The van der Waals surface area contributed by atoms with Crippen LogP contribution in [-0.2, 0) is 0 Å². The molecule has 1 fully saturated rings. The summed E-state index contributed by atoms with van der Waals surface area (Å²) in [6, 6.07) is 7.80. The summed E-state index contributed by atoms with van der Waals surface area (Å²) in [6.07, 6.45) is 2.16. The lowest BCUT2D eigenvalue weighted by atomic mass is 10.1. The summed E-state index contributed by atoms with van der Waals surface area (Å²) in [5, 5.41) is 4.06. The van der Waals surface area contributed by atoms with Crippen LogP contribution in [0.5, 0.6) is 0 Å². The minimum absolute atomic E-state index is 0.0896. The summed E-state index contributed by atoms with van der Waals surface area (Å²) in [5.74, 6) is 0.812. The fourth-order valence-corrected chi connectivity index (χ4v) is 2.74. The van der Waals surface area contributed by atoms with Crippen LogP contribution < -0.4 is 10.9 Å². The Balaban J connectivity index is 2.19. The predicted octanol–water partition coefficient (Wildman–Crippen LogP) is 1.63. The van der Waals surface area contributed by atoms with Crippen LogP contribution in [-0.4, -0.2) is 22.6 Å². The molecule has 0 spiro atoms. The van der Waals surface area contributed by atoms with Gasteiger partial charge in [-0.15, -0.1) is 0 Å². The molecule has 1 aromatic carbocycles. The topological polar surface area (TPSA) is 46.9 Å². The second kappa shape index (κ2) is 4.53. The summed E-state index contributed by atoms with van der Waals surface area (Å²) < 4.78 is 1.86. The summed E-state index contributed by atoms with van der Waals surface area (Å²) in [6.45, 7) is 3.83. The van der Waals surface area contributed by atoms with E-state index in [2.05, 4.69) is 10.3 Å². The van der Waals surface area contributed by atoms with Gasteiger partial charge in [-0.05, 0) is 38.4 Å². The minimum Gasteiger partial charge on any atom is -0.315 e. The Morgan fingerprint density at radius 2 is 2.22 bits per heavy atom. The maximum absolute atomic E-state index is 12.5. The normalized spacial score (nSPS) is 20.2. The van der Waals surface area contributed by atoms with Crippen LogP contribution in [0.2, 0.25) is 0 Å². The zero-order chi connectivity index (χ0) is 12.5. The lowest BCUT2D eigenvalue weighted by molar-refractivity contribution is 0.357. The highest BCUT2D eigenvalue weighted by molar-refractivity contribution is 5.77. The third kappa shape index (κ3) is 1.82. The first-order valence-electron chi connectivity index (χ1n) is 6.46. The van der Waals surface area contributed by atoms with Crippen LogP contribution in [0.15, 0.2) is 29.1 Å². The van der Waals surface area contributed by atoms with Gasteiger partial charge >= 0.3 is 0 Å². The van der Waals surface area contributed by atoms with Gasteiger partial charge in [0.25, 0.3) is 5.56 Å². The first-order valence-corrected chi connectivity index (χ1v) is 6.46. The lowest BCUT2D eigenvalue weighted by Crippen LogP contribution is -2.38. The van der Waals surface area contributed by atoms with Gasteiger partial charge in [0.05, 0.1) is 16.9 Å². The van der Waals surface area contributed by atoms with Crippen molar-refractivity contribution in [1.82, 2.24) is 14.9 Å². The smallest absolute Gasteiger partial charge is 0.261 e. The number of benzene rings is 1. The third-order valence-corrected chi connectivity index (χ3v) is 3.62. The molecule has 0 saturated carbocycles. The number of fused-ring (bicyclic) bond motifs is 1. The number of para-hydroxylation sites is 1. The highest BCUT2D eigenvalue weighted by atomic mass is 16.1. The predicted molar refractivity (Wildman–Crippen MR) is 71.9 cm³/mol. The number of hydrogen-bond donors (Lipinski definition) is 1. The van der Waals surface area contributed by atoms with Gasteiger partial charge in [0.15, 0.2) is 0 Å². The van der Waals surface area contributed by atoms with E-state index in [1.54, 1.807) is 0 Å². The van der Waals surface area contributed by atoms with Crippen LogP contribution in [0.4, 0.5) is 0 Å². The Kier molecular flexibility index (Phi) is 2.88. The van der Waals surface area contributed by atoms with Crippen LogP contribution in [0, 0.1) is 6.92 Å². The molecule has 2 aromatic rings. The first kappa shape index (κ1) is 11.4. The Hall–Kier alpha value is -1.68. The van der Waals surface area contributed by atoms with E-state index in [-0.39, 0.29) is 11.6 Å². The molecule has 2 heterocycles. The van der Waals surface area contributed by atoms with Crippen molar-refractivity contribution < 1.29 is 0 Å². The lowest BCUT2D eigenvalue weighted by Gasteiger charge is -2.26. The number of nitrogens with zero attached hydrogens (tertiary/aromatic N) is 2. The summed E-state index contributed by atoms with van der Waals surface area (Å²) in [4.78, 5) is 17.1. The molecule has 1 N–H and O–H groups in total. The van der Waals surface area contributed by atoms with Gasteiger partial charge in [-0.2, -0.15) is 0 Å². The third-order valence-electron chi connectivity index (χ3n) is 3.62. The largest absolute Gasteiger partial charge is 0.315 e. The van der Waals surface area contributed by atoms with Crippen molar-refractivity contribution >= 4 is 10.9 Å². The monoisotopic (exact) mass is 243 g/mol. The number of piperidine rings is 1. The molecule has 1 aromatic heterocycles. The fraction of sp³-hybridized carbons (Fsp3) is 0.429. The fourth-order valence-electron chi connectivity index (χ4n) is 2.74. The average molecular weight is 243 g/mol. The van der Waals surface area contributed by atoms with Gasteiger partial charge in [-0.1, -0.05) is 12.1 Å². The second-order valence-corrected chi connectivity index (χ2v) is 4.85. The number of nitrogens with one attached hydrogen (secondary N) is 1. The van der Waals surface area contributed by atoms with Crippen molar-refractivity contribution in [1.29, 1.82) is 0 Å². The van der Waals surface area contributed by atoms with Crippen molar-refractivity contribution in [3.05, 3.63) is 40.4 Å². The van der Waals surface area contributed by atoms with Gasteiger partial charge in [-0.3, -0.25) is 9.36 Å². The van der Waals surface area contributed by atoms with Crippen LogP contribution >= 0.6 is 0 Å². The van der Waals surface area contributed by atoms with Crippen molar-refractivity contribution in [2.45, 2.75) is 25.8 Å². The van der Waals surface area contributed by atoms with E-state index >= 15 is 0 Å². The Morgan fingerprint density at radius 3 is 3.00 bits per heavy atom. The molecular formula is C14H17N3O. The zero-order valence-electron chi connectivity index (χ0n) is 10.5. The molecule has 0 amide bonds. The minimum atomic E-state index is 0.0896. The molecule has 94 valence electrons. The Labute approximate surface area is 106 Å². The molecule has 3 rings (SSSR count). The van der Waals surface area contributed by atoms with Gasteiger partial charge in [0.2, 0.25) is 0 Å².